The van der Waals surface area contributed by atoms with Gasteiger partial charge in [0.15, 0.2) is 0 Å². The van der Waals surface area contributed by atoms with E-state index in [1.807, 2.05) is 0 Å². The highest BCUT2D eigenvalue weighted by Gasteiger charge is 2.23. The second-order valence-corrected chi connectivity index (χ2v) is 6.91. The molecule has 2 rings (SSSR count). The lowest BCUT2D eigenvalue weighted by Gasteiger charge is -2.32. The zero-order chi connectivity index (χ0) is 11.9. The maximum absolute atomic E-state index is 3.68. The summed E-state index contributed by atoms with van der Waals surface area (Å²) in [5.74, 6) is 3.58. The highest BCUT2D eigenvalue weighted by molar-refractivity contribution is 7.99. The minimum absolute atomic E-state index is 0.888. The minimum Gasteiger partial charge on any atom is -0.314 e. The number of hydrogen-bond acceptors (Lipinski definition) is 3. The first kappa shape index (κ1) is 13.7. The molecule has 1 heterocycles. The maximum Gasteiger partial charge on any atom is 0.00683 e. The van der Waals surface area contributed by atoms with Crippen molar-refractivity contribution in [1.29, 1.82) is 0 Å². The Labute approximate surface area is 111 Å². The van der Waals surface area contributed by atoms with Crippen LogP contribution in [0.4, 0.5) is 0 Å². The summed E-state index contributed by atoms with van der Waals surface area (Å²) < 4.78 is 0. The average molecular weight is 256 g/mol. The predicted octanol–water partition coefficient (Wildman–Crippen LogP) is 2.59. The number of hydrogen-bond donors (Lipinski definition) is 1. The summed E-state index contributed by atoms with van der Waals surface area (Å²) in [5.41, 5.74) is 0. The molecule has 1 N–H and O–H groups in total. The summed E-state index contributed by atoms with van der Waals surface area (Å²) in [7, 11) is 0. The Balaban J connectivity index is 1.48. The normalized spacial score (nSPS) is 23.1. The molecule has 0 aromatic heterocycles. The van der Waals surface area contributed by atoms with E-state index in [2.05, 4.69) is 28.9 Å². The van der Waals surface area contributed by atoms with Gasteiger partial charge in [0, 0.05) is 6.04 Å². The first-order chi connectivity index (χ1) is 8.38. The van der Waals surface area contributed by atoms with Gasteiger partial charge in [0.2, 0.25) is 0 Å². The zero-order valence-electron chi connectivity index (χ0n) is 11.3. The molecule has 0 spiro atoms. The molecular formula is C14H28N2S. The van der Waals surface area contributed by atoms with Crippen molar-refractivity contribution in [3.8, 4) is 0 Å². The highest BCUT2D eigenvalue weighted by Crippen LogP contribution is 2.21. The Morgan fingerprint density at radius 2 is 1.94 bits per heavy atom. The van der Waals surface area contributed by atoms with Gasteiger partial charge in [0.05, 0.1) is 0 Å². The van der Waals surface area contributed by atoms with Gasteiger partial charge in [-0.25, -0.2) is 0 Å². The Bertz CT molecular complexity index is 198. The van der Waals surface area contributed by atoms with E-state index in [1.54, 1.807) is 0 Å². The van der Waals surface area contributed by atoms with Crippen molar-refractivity contribution < 1.29 is 0 Å². The fourth-order valence-corrected chi connectivity index (χ4v) is 3.19. The van der Waals surface area contributed by atoms with Crippen LogP contribution in [0.15, 0.2) is 0 Å². The van der Waals surface area contributed by atoms with E-state index in [-0.39, 0.29) is 0 Å². The van der Waals surface area contributed by atoms with Crippen molar-refractivity contribution in [3.05, 3.63) is 0 Å². The molecule has 0 amide bonds. The molecule has 17 heavy (non-hydrogen) atoms. The molecule has 0 unspecified atom stereocenters. The fraction of sp³-hybridized carbons (Fsp3) is 1.00. The zero-order valence-corrected chi connectivity index (χ0v) is 12.1. The summed E-state index contributed by atoms with van der Waals surface area (Å²) in [6.07, 6.45) is 7.06. The molecule has 1 aliphatic heterocycles. The third kappa shape index (κ3) is 5.62. The quantitative estimate of drug-likeness (QED) is 0.672. The first-order valence-electron chi connectivity index (χ1n) is 7.42. The fourth-order valence-electron chi connectivity index (χ4n) is 2.57. The summed E-state index contributed by atoms with van der Waals surface area (Å²) in [5, 5.41) is 3.68. The second-order valence-electron chi connectivity index (χ2n) is 5.52. The number of nitrogens with one attached hydrogen (secondary N) is 1. The van der Waals surface area contributed by atoms with Crippen LogP contribution in [0.5, 0.6) is 0 Å². The van der Waals surface area contributed by atoms with Crippen molar-refractivity contribution in [1.82, 2.24) is 10.2 Å². The molecule has 0 radical (unpaired) electrons. The van der Waals surface area contributed by atoms with Crippen LogP contribution in [-0.4, -0.2) is 48.6 Å². The minimum atomic E-state index is 0.888. The van der Waals surface area contributed by atoms with Crippen molar-refractivity contribution in [2.24, 2.45) is 5.92 Å². The van der Waals surface area contributed by atoms with E-state index in [9.17, 15) is 0 Å². The number of piperidine rings is 1. The molecule has 2 aliphatic rings. The molecular weight excluding hydrogens is 228 g/mol. The van der Waals surface area contributed by atoms with E-state index in [1.165, 1.54) is 69.8 Å². The number of nitrogens with zero attached hydrogens (tertiary/aromatic N) is 1. The molecule has 100 valence electrons. The van der Waals surface area contributed by atoms with Crippen molar-refractivity contribution in [3.63, 3.8) is 0 Å². The first-order valence-corrected chi connectivity index (χ1v) is 8.57. The van der Waals surface area contributed by atoms with Gasteiger partial charge < -0.3 is 10.2 Å². The lowest BCUT2D eigenvalue weighted by molar-refractivity contribution is 0.183. The van der Waals surface area contributed by atoms with Crippen molar-refractivity contribution >= 4 is 11.8 Å². The van der Waals surface area contributed by atoms with Gasteiger partial charge >= 0.3 is 0 Å². The second kappa shape index (κ2) is 7.65. The smallest absolute Gasteiger partial charge is 0.00683 e. The van der Waals surface area contributed by atoms with Gasteiger partial charge in [-0.15, -0.1) is 0 Å². The monoisotopic (exact) mass is 256 g/mol. The van der Waals surface area contributed by atoms with E-state index < -0.39 is 0 Å². The number of likely N-dealkylation sites (tertiary alicyclic amines) is 1. The molecule has 1 saturated heterocycles. The molecule has 2 fully saturated rings. The molecule has 0 aromatic carbocycles. The largest absolute Gasteiger partial charge is 0.314 e. The van der Waals surface area contributed by atoms with E-state index in [4.69, 9.17) is 0 Å². The van der Waals surface area contributed by atoms with Crippen LogP contribution >= 0.6 is 11.8 Å². The molecule has 0 bridgehead atoms. The molecule has 1 saturated carbocycles. The third-order valence-electron chi connectivity index (χ3n) is 3.95. The number of thioether (sulfide) groups is 1. The van der Waals surface area contributed by atoms with E-state index in [0.717, 1.165) is 12.0 Å². The Morgan fingerprint density at radius 1 is 1.18 bits per heavy atom. The molecule has 1 aliphatic carbocycles. The summed E-state index contributed by atoms with van der Waals surface area (Å²) >= 11 is 2.08. The van der Waals surface area contributed by atoms with Crippen LogP contribution in [0.25, 0.3) is 0 Å². The SMILES string of the molecule is CCSCCCN1CCC(CNC2CC2)CC1. The summed E-state index contributed by atoms with van der Waals surface area (Å²) in [6, 6.07) is 0.888. The highest BCUT2D eigenvalue weighted by atomic mass is 32.2. The third-order valence-corrected chi connectivity index (χ3v) is 4.93. The van der Waals surface area contributed by atoms with Gasteiger partial charge in [-0.1, -0.05) is 6.92 Å². The van der Waals surface area contributed by atoms with Crippen LogP contribution < -0.4 is 5.32 Å². The lowest BCUT2D eigenvalue weighted by atomic mass is 9.96. The van der Waals surface area contributed by atoms with E-state index in [0.29, 0.717) is 0 Å². The lowest BCUT2D eigenvalue weighted by Crippen LogP contribution is -2.38. The van der Waals surface area contributed by atoms with Gasteiger partial charge in [0.1, 0.15) is 0 Å². The molecule has 2 nitrogen and oxygen atoms in total. The predicted molar refractivity (Wildman–Crippen MR) is 77.8 cm³/mol. The standard InChI is InChI=1S/C14H28N2S/c1-2-17-11-3-8-16-9-6-13(7-10-16)12-15-14-4-5-14/h13-15H,2-12H2,1H3. The molecule has 3 heteroatoms. The van der Waals surface area contributed by atoms with Gasteiger partial charge in [-0.3, -0.25) is 0 Å². The van der Waals surface area contributed by atoms with Crippen LogP contribution in [0, 0.1) is 5.92 Å². The van der Waals surface area contributed by atoms with Crippen LogP contribution in [-0.2, 0) is 0 Å². The van der Waals surface area contributed by atoms with Crippen molar-refractivity contribution in [2.45, 2.75) is 45.1 Å². The average Bonchev–Trinajstić information content (AvgIpc) is 3.18. The Kier molecular flexibility index (Phi) is 6.16. The topological polar surface area (TPSA) is 15.3 Å². The Morgan fingerprint density at radius 3 is 2.59 bits per heavy atom. The Hall–Kier alpha value is 0.270. The molecule has 0 aromatic rings. The van der Waals surface area contributed by atoms with Gasteiger partial charge in [-0.2, -0.15) is 11.8 Å². The van der Waals surface area contributed by atoms with Crippen LogP contribution in [0.2, 0.25) is 0 Å². The van der Waals surface area contributed by atoms with Gasteiger partial charge in [0.25, 0.3) is 0 Å². The van der Waals surface area contributed by atoms with Crippen molar-refractivity contribution in [2.75, 3.05) is 37.7 Å². The summed E-state index contributed by atoms with van der Waals surface area (Å²) in [4.78, 5) is 2.67. The van der Waals surface area contributed by atoms with E-state index >= 15 is 0 Å². The van der Waals surface area contributed by atoms with Gasteiger partial charge in [-0.05, 0) is 75.7 Å². The molecule has 0 atom stereocenters. The maximum atomic E-state index is 3.68. The summed E-state index contributed by atoms with van der Waals surface area (Å²) in [6.45, 7) is 7.55. The van der Waals surface area contributed by atoms with Crippen LogP contribution in [0.3, 0.4) is 0 Å². The number of rotatable bonds is 8. The van der Waals surface area contributed by atoms with Crippen LogP contribution in [0.1, 0.15) is 39.0 Å².